The number of nitrogen functional groups attached to an aromatic ring is 1. The summed E-state index contributed by atoms with van der Waals surface area (Å²) in [5.74, 6) is -0.549. The van der Waals surface area contributed by atoms with Gasteiger partial charge in [0.15, 0.2) is 0 Å². The van der Waals surface area contributed by atoms with Gasteiger partial charge >= 0.3 is 6.43 Å². The number of halogens is 2. The molecule has 0 spiro atoms. The molecule has 0 aliphatic carbocycles. The van der Waals surface area contributed by atoms with Gasteiger partial charge in [-0.05, 0) is 24.3 Å². The molecule has 1 aromatic carbocycles. The van der Waals surface area contributed by atoms with Crippen molar-refractivity contribution in [1.29, 1.82) is 0 Å². The molecule has 0 saturated carbocycles. The lowest BCUT2D eigenvalue weighted by atomic mass is 10.2. The largest absolute Gasteiger partial charge is 0.399 e. The SMILES string of the molecule is Nc1ccc(-c2noc(C(F)F)n2)cc1. The molecule has 2 N–H and O–H groups in total. The summed E-state index contributed by atoms with van der Waals surface area (Å²) in [6.45, 7) is 0. The number of rotatable bonds is 2. The van der Waals surface area contributed by atoms with Gasteiger partial charge in [-0.15, -0.1) is 0 Å². The van der Waals surface area contributed by atoms with E-state index in [1.807, 2.05) is 0 Å². The minimum Gasteiger partial charge on any atom is -0.399 e. The Morgan fingerprint density at radius 1 is 1.20 bits per heavy atom. The molecule has 0 aliphatic heterocycles. The molecule has 78 valence electrons. The van der Waals surface area contributed by atoms with Gasteiger partial charge in [0, 0.05) is 11.3 Å². The summed E-state index contributed by atoms with van der Waals surface area (Å²) in [6, 6.07) is 6.53. The topological polar surface area (TPSA) is 64.9 Å². The van der Waals surface area contributed by atoms with Gasteiger partial charge in [0.2, 0.25) is 5.82 Å². The highest BCUT2D eigenvalue weighted by atomic mass is 19.3. The number of hydrogen-bond acceptors (Lipinski definition) is 4. The Balaban J connectivity index is 2.33. The van der Waals surface area contributed by atoms with Gasteiger partial charge in [0.25, 0.3) is 5.89 Å². The molecule has 0 atom stereocenters. The van der Waals surface area contributed by atoms with Crippen molar-refractivity contribution in [3.05, 3.63) is 30.2 Å². The summed E-state index contributed by atoms with van der Waals surface area (Å²) >= 11 is 0. The standard InChI is InChI=1S/C9H7F2N3O/c10-7(11)9-13-8(14-15-9)5-1-3-6(12)4-2-5/h1-4,7H,12H2. The molecule has 4 nitrogen and oxygen atoms in total. The minimum atomic E-state index is -2.75. The van der Waals surface area contributed by atoms with Crippen LogP contribution in [0.15, 0.2) is 28.8 Å². The third-order valence-corrected chi connectivity index (χ3v) is 1.80. The second kappa shape index (κ2) is 3.64. The van der Waals surface area contributed by atoms with Crippen molar-refractivity contribution in [2.75, 3.05) is 5.73 Å². The Morgan fingerprint density at radius 3 is 2.40 bits per heavy atom. The van der Waals surface area contributed by atoms with Gasteiger partial charge in [-0.2, -0.15) is 13.8 Å². The highest BCUT2D eigenvalue weighted by molar-refractivity contribution is 5.57. The highest BCUT2D eigenvalue weighted by Crippen LogP contribution is 2.21. The summed E-state index contributed by atoms with van der Waals surface area (Å²) in [4.78, 5) is 3.54. The molecule has 0 fully saturated rings. The fourth-order valence-electron chi connectivity index (χ4n) is 1.07. The van der Waals surface area contributed by atoms with Gasteiger partial charge in [0.1, 0.15) is 0 Å². The summed E-state index contributed by atoms with van der Waals surface area (Å²) in [6.07, 6.45) is -2.75. The maximum atomic E-state index is 12.1. The van der Waals surface area contributed by atoms with Crippen LogP contribution in [0.3, 0.4) is 0 Å². The molecule has 15 heavy (non-hydrogen) atoms. The zero-order valence-electron chi connectivity index (χ0n) is 7.52. The maximum Gasteiger partial charge on any atom is 0.315 e. The fourth-order valence-corrected chi connectivity index (χ4v) is 1.07. The van der Waals surface area contributed by atoms with Crippen LogP contribution >= 0.6 is 0 Å². The van der Waals surface area contributed by atoms with Crippen LogP contribution in [-0.4, -0.2) is 10.1 Å². The monoisotopic (exact) mass is 211 g/mol. The molecule has 6 heteroatoms. The lowest BCUT2D eigenvalue weighted by Crippen LogP contribution is -1.86. The van der Waals surface area contributed by atoms with Crippen LogP contribution in [0, 0.1) is 0 Å². The van der Waals surface area contributed by atoms with E-state index in [1.165, 1.54) is 0 Å². The Hall–Kier alpha value is -1.98. The first-order valence-corrected chi connectivity index (χ1v) is 4.14. The predicted molar refractivity (Wildman–Crippen MR) is 49.1 cm³/mol. The Labute approximate surface area is 83.7 Å². The zero-order chi connectivity index (χ0) is 10.8. The van der Waals surface area contributed by atoms with Crippen LogP contribution in [0.25, 0.3) is 11.4 Å². The molecule has 0 bridgehead atoms. The van der Waals surface area contributed by atoms with E-state index in [0.717, 1.165) is 0 Å². The van der Waals surface area contributed by atoms with E-state index in [-0.39, 0.29) is 5.82 Å². The van der Waals surface area contributed by atoms with Gasteiger partial charge in [-0.25, -0.2) is 0 Å². The molecule has 1 heterocycles. The van der Waals surface area contributed by atoms with Gasteiger partial charge < -0.3 is 10.3 Å². The lowest BCUT2D eigenvalue weighted by Gasteiger charge is -1.94. The maximum absolute atomic E-state index is 12.1. The Kier molecular flexibility index (Phi) is 2.32. The van der Waals surface area contributed by atoms with Crippen LogP contribution in [0.5, 0.6) is 0 Å². The second-order valence-electron chi connectivity index (χ2n) is 2.88. The molecule has 2 rings (SSSR count). The first-order valence-electron chi connectivity index (χ1n) is 4.14. The molecule has 0 radical (unpaired) electrons. The van der Waals surface area contributed by atoms with Crippen molar-refractivity contribution < 1.29 is 13.3 Å². The average molecular weight is 211 g/mol. The second-order valence-corrected chi connectivity index (χ2v) is 2.88. The normalized spacial score (nSPS) is 10.9. The predicted octanol–water partition coefficient (Wildman–Crippen LogP) is 2.26. The van der Waals surface area contributed by atoms with E-state index in [1.54, 1.807) is 24.3 Å². The number of alkyl halides is 2. The van der Waals surface area contributed by atoms with Crippen LogP contribution < -0.4 is 5.73 Å². The van der Waals surface area contributed by atoms with E-state index in [2.05, 4.69) is 14.7 Å². The molecule has 2 aromatic rings. The van der Waals surface area contributed by atoms with Crippen LogP contribution in [0.4, 0.5) is 14.5 Å². The molecule has 1 aromatic heterocycles. The molecular formula is C9H7F2N3O. The zero-order valence-corrected chi connectivity index (χ0v) is 7.52. The van der Waals surface area contributed by atoms with E-state index < -0.39 is 12.3 Å². The number of benzene rings is 1. The Bertz CT molecular complexity index is 453. The number of nitrogens with two attached hydrogens (primary N) is 1. The van der Waals surface area contributed by atoms with Crippen molar-refractivity contribution in [1.82, 2.24) is 10.1 Å². The van der Waals surface area contributed by atoms with E-state index in [4.69, 9.17) is 5.73 Å². The first kappa shape index (κ1) is 9.57. The number of hydrogen-bond donors (Lipinski definition) is 1. The van der Waals surface area contributed by atoms with Crippen LogP contribution in [0.1, 0.15) is 12.3 Å². The van der Waals surface area contributed by atoms with Crippen molar-refractivity contribution in [2.24, 2.45) is 0 Å². The van der Waals surface area contributed by atoms with Crippen molar-refractivity contribution in [2.45, 2.75) is 6.43 Å². The third-order valence-electron chi connectivity index (χ3n) is 1.80. The van der Waals surface area contributed by atoms with Crippen molar-refractivity contribution in [3.63, 3.8) is 0 Å². The summed E-state index contributed by atoms with van der Waals surface area (Å²) in [5.41, 5.74) is 6.64. The smallest absolute Gasteiger partial charge is 0.315 e. The lowest BCUT2D eigenvalue weighted by molar-refractivity contribution is 0.106. The Morgan fingerprint density at radius 2 is 1.87 bits per heavy atom. The molecule has 0 aliphatic rings. The summed E-state index contributed by atoms with van der Waals surface area (Å²) in [5, 5.41) is 3.43. The van der Waals surface area contributed by atoms with Gasteiger partial charge in [-0.1, -0.05) is 5.16 Å². The molecule has 0 saturated heterocycles. The molecular weight excluding hydrogens is 204 g/mol. The van der Waals surface area contributed by atoms with E-state index in [0.29, 0.717) is 11.3 Å². The van der Waals surface area contributed by atoms with Crippen molar-refractivity contribution in [3.8, 4) is 11.4 Å². The quantitative estimate of drug-likeness (QED) is 0.773. The minimum absolute atomic E-state index is 0.130. The van der Waals surface area contributed by atoms with Crippen LogP contribution in [-0.2, 0) is 0 Å². The summed E-state index contributed by atoms with van der Waals surface area (Å²) in [7, 11) is 0. The van der Waals surface area contributed by atoms with Crippen molar-refractivity contribution >= 4 is 5.69 Å². The number of nitrogens with zero attached hydrogens (tertiary/aromatic N) is 2. The third kappa shape index (κ3) is 1.93. The van der Waals surface area contributed by atoms with Gasteiger partial charge in [0.05, 0.1) is 0 Å². The van der Waals surface area contributed by atoms with E-state index in [9.17, 15) is 8.78 Å². The van der Waals surface area contributed by atoms with E-state index >= 15 is 0 Å². The molecule has 0 amide bonds. The first-order chi connectivity index (χ1) is 7.16. The highest BCUT2D eigenvalue weighted by Gasteiger charge is 2.16. The fraction of sp³-hybridized carbons (Fsp3) is 0.111. The molecule has 0 unspecified atom stereocenters. The van der Waals surface area contributed by atoms with Gasteiger partial charge in [-0.3, -0.25) is 0 Å². The summed E-state index contributed by atoms with van der Waals surface area (Å²) < 4.78 is 28.7. The average Bonchev–Trinajstić information content (AvgIpc) is 2.68. The number of aromatic nitrogens is 2. The van der Waals surface area contributed by atoms with Crippen LogP contribution in [0.2, 0.25) is 0 Å². The number of anilines is 1.